The Kier molecular flexibility index (Phi) is 4.47. The molecule has 1 aromatic heterocycles. The topological polar surface area (TPSA) is 88.3 Å². The van der Waals surface area contributed by atoms with Crippen molar-refractivity contribution in [2.45, 2.75) is 32.2 Å². The molecule has 7 nitrogen and oxygen atoms in total. The standard InChI is InChI=1S/C16H16Cl2N4O3/c1-9-19-13(14(23)21-8-4-7-16(21,2)15(24)25)20-22(9)12-10(17)5-3-6-11(12)18/h3,5-6H,4,7-8H2,1-2H3,(H,24,25). The van der Waals surface area contributed by atoms with Crippen LogP contribution in [0.5, 0.6) is 0 Å². The minimum atomic E-state index is -1.25. The highest BCUT2D eigenvalue weighted by molar-refractivity contribution is 6.37. The van der Waals surface area contributed by atoms with E-state index >= 15 is 0 Å². The largest absolute Gasteiger partial charge is 0.480 e. The third-order valence-corrected chi connectivity index (χ3v) is 5.07. The van der Waals surface area contributed by atoms with Gasteiger partial charge in [0.25, 0.3) is 5.91 Å². The van der Waals surface area contributed by atoms with E-state index < -0.39 is 17.4 Å². The number of carbonyl (C=O) groups excluding carboxylic acids is 1. The minimum Gasteiger partial charge on any atom is -0.480 e. The predicted octanol–water partition coefficient (Wildman–Crippen LogP) is 2.96. The van der Waals surface area contributed by atoms with Gasteiger partial charge in [-0.1, -0.05) is 29.3 Å². The quantitative estimate of drug-likeness (QED) is 0.881. The monoisotopic (exact) mass is 382 g/mol. The van der Waals surface area contributed by atoms with Gasteiger partial charge in [0.05, 0.1) is 10.0 Å². The lowest BCUT2D eigenvalue weighted by atomic mass is 9.99. The molecule has 0 radical (unpaired) electrons. The lowest BCUT2D eigenvalue weighted by molar-refractivity contribution is -0.147. The predicted molar refractivity (Wildman–Crippen MR) is 92.4 cm³/mol. The van der Waals surface area contributed by atoms with E-state index in [1.165, 1.54) is 16.5 Å². The van der Waals surface area contributed by atoms with E-state index in [4.69, 9.17) is 23.2 Å². The molecule has 0 aliphatic carbocycles. The minimum absolute atomic E-state index is 0.0807. The second kappa shape index (κ2) is 6.31. The van der Waals surface area contributed by atoms with Gasteiger partial charge < -0.3 is 10.0 Å². The average Bonchev–Trinajstić information content (AvgIpc) is 3.11. The van der Waals surface area contributed by atoms with Crippen LogP contribution in [0, 0.1) is 6.92 Å². The molecule has 25 heavy (non-hydrogen) atoms. The van der Waals surface area contributed by atoms with Crippen LogP contribution >= 0.6 is 23.2 Å². The molecule has 3 rings (SSSR count). The summed E-state index contributed by atoms with van der Waals surface area (Å²) in [5, 5.41) is 14.4. The van der Waals surface area contributed by atoms with Crippen LogP contribution in [0.15, 0.2) is 18.2 Å². The first-order chi connectivity index (χ1) is 11.8. The third-order valence-electron chi connectivity index (χ3n) is 4.46. The highest BCUT2D eigenvalue weighted by Crippen LogP contribution is 2.31. The summed E-state index contributed by atoms with van der Waals surface area (Å²) >= 11 is 12.4. The van der Waals surface area contributed by atoms with E-state index in [-0.39, 0.29) is 5.82 Å². The number of carboxylic acid groups (broad SMARTS) is 1. The molecule has 1 aromatic carbocycles. The molecule has 1 N–H and O–H groups in total. The molecule has 1 atom stereocenters. The summed E-state index contributed by atoms with van der Waals surface area (Å²) in [5.74, 6) is -1.21. The van der Waals surface area contributed by atoms with Crippen LogP contribution < -0.4 is 0 Å². The number of halogens is 2. The van der Waals surface area contributed by atoms with Crippen molar-refractivity contribution in [3.05, 3.63) is 39.9 Å². The number of para-hydroxylation sites is 1. The summed E-state index contributed by atoms with van der Waals surface area (Å²) in [6, 6.07) is 5.02. The summed E-state index contributed by atoms with van der Waals surface area (Å²) in [4.78, 5) is 29.9. The van der Waals surface area contributed by atoms with Crippen molar-refractivity contribution in [1.82, 2.24) is 19.7 Å². The van der Waals surface area contributed by atoms with E-state index in [0.717, 1.165) is 0 Å². The lowest BCUT2D eigenvalue weighted by Gasteiger charge is -2.30. The first-order valence-electron chi connectivity index (χ1n) is 7.69. The molecule has 2 aromatic rings. The number of carbonyl (C=O) groups is 2. The van der Waals surface area contributed by atoms with Gasteiger partial charge >= 0.3 is 5.97 Å². The van der Waals surface area contributed by atoms with Crippen LogP contribution in [0.25, 0.3) is 5.69 Å². The maximum atomic E-state index is 12.8. The van der Waals surface area contributed by atoms with E-state index in [2.05, 4.69) is 10.1 Å². The first kappa shape index (κ1) is 17.7. The number of carboxylic acids is 1. The number of benzene rings is 1. The van der Waals surface area contributed by atoms with Crippen molar-refractivity contribution in [3.63, 3.8) is 0 Å². The molecule has 0 bridgehead atoms. The maximum absolute atomic E-state index is 12.8. The highest BCUT2D eigenvalue weighted by Gasteiger charge is 2.47. The summed E-state index contributed by atoms with van der Waals surface area (Å²) in [6.07, 6.45) is 1.01. The molecule has 1 fully saturated rings. The van der Waals surface area contributed by atoms with E-state index in [0.29, 0.717) is 40.9 Å². The van der Waals surface area contributed by atoms with Gasteiger partial charge in [-0.15, -0.1) is 5.10 Å². The second-order valence-corrected chi connectivity index (χ2v) is 6.92. The fraction of sp³-hybridized carbons (Fsp3) is 0.375. The van der Waals surface area contributed by atoms with Crippen LogP contribution in [0.2, 0.25) is 10.0 Å². The van der Waals surface area contributed by atoms with Gasteiger partial charge in [0.1, 0.15) is 17.1 Å². The number of amides is 1. The zero-order chi connectivity index (χ0) is 18.4. The number of rotatable bonds is 3. The van der Waals surface area contributed by atoms with Crippen LogP contribution in [0.3, 0.4) is 0 Å². The van der Waals surface area contributed by atoms with Crippen molar-refractivity contribution in [2.75, 3.05) is 6.54 Å². The Morgan fingerprint density at radius 1 is 1.28 bits per heavy atom. The molecule has 1 aliphatic heterocycles. The van der Waals surface area contributed by atoms with Crippen LogP contribution in [0.1, 0.15) is 36.2 Å². The van der Waals surface area contributed by atoms with Crippen molar-refractivity contribution in [2.24, 2.45) is 0 Å². The molecule has 132 valence electrons. The van der Waals surface area contributed by atoms with Crippen molar-refractivity contribution in [3.8, 4) is 5.69 Å². The Morgan fingerprint density at radius 2 is 1.92 bits per heavy atom. The number of aryl methyl sites for hydroxylation is 1. The Labute approximate surface area is 154 Å². The molecule has 0 saturated carbocycles. The summed E-state index contributed by atoms with van der Waals surface area (Å²) in [7, 11) is 0. The zero-order valence-corrected chi connectivity index (χ0v) is 15.2. The van der Waals surface area contributed by atoms with Crippen LogP contribution in [-0.2, 0) is 4.79 Å². The van der Waals surface area contributed by atoms with E-state index in [1.807, 2.05) is 0 Å². The van der Waals surface area contributed by atoms with E-state index in [9.17, 15) is 14.7 Å². The maximum Gasteiger partial charge on any atom is 0.329 e. The fourth-order valence-corrected chi connectivity index (χ4v) is 3.57. The van der Waals surface area contributed by atoms with Gasteiger partial charge in [0.2, 0.25) is 5.82 Å². The Bertz CT molecular complexity index is 847. The number of hydrogen-bond acceptors (Lipinski definition) is 4. The van der Waals surface area contributed by atoms with Crippen molar-refractivity contribution in [1.29, 1.82) is 0 Å². The molecule has 2 heterocycles. The number of aromatic nitrogens is 3. The molecule has 0 spiro atoms. The Morgan fingerprint density at radius 3 is 2.52 bits per heavy atom. The third kappa shape index (κ3) is 2.87. The fourth-order valence-electron chi connectivity index (χ4n) is 3.02. The zero-order valence-electron chi connectivity index (χ0n) is 13.7. The van der Waals surface area contributed by atoms with Crippen LogP contribution in [-0.4, -0.2) is 48.7 Å². The van der Waals surface area contributed by atoms with Gasteiger partial charge in [-0.05, 0) is 38.8 Å². The summed E-state index contributed by atoms with van der Waals surface area (Å²) in [5.41, 5.74) is -0.823. The number of nitrogens with zero attached hydrogens (tertiary/aromatic N) is 4. The number of likely N-dealkylation sites (tertiary alicyclic amines) is 1. The van der Waals surface area contributed by atoms with Crippen molar-refractivity contribution >= 4 is 35.1 Å². The molecule has 1 amide bonds. The molecule has 1 unspecified atom stereocenters. The van der Waals surface area contributed by atoms with E-state index in [1.54, 1.807) is 25.1 Å². The molecule has 9 heteroatoms. The van der Waals surface area contributed by atoms with Gasteiger partial charge in [0.15, 0.2) is 0 Å². The lowest BCUT2D eigenvalue weighted by Crippen LogP contribution is -2.51. The van der Waals surface area contributed by atoms with Gasteiger partial charge in [-0.25, -0.2) is 14.5 Å². The second-order valence-electron chi connectivity index (χ2n) is 6.10. The highest BCUT2D eigenvalue weighted by atomic mass is 35.5. The number of hydrogen-bond donors (Lipinski definition) is 1. The smallest absolute Gasteiger partial charge is 0.329 e. The van der Waals surface area contributed by atoms with Gasteiger partial charge in [-0.2, -0.15) is 0 Å². The van der Waals surface area contributed by atoms with Crippen LogP contribution in [0.4, 0.5) is 0 Å². The number of aliphatic carboxylic acids is 1. The molecule has 1 aliphatic rings. The Hall–Kier alpha value is -2.12. The average molecular weight is 383 g/mol. The molecular formula is C16H16Cl2N4O3. The molecule has 1 saturated heterocycles. The van der Waals surface area contributed by atoms with Crippen molar-refractivity contribution < 1.29 is 14.7 Å². The SMILES string of the molecule is Cc1nc(C(=O)N2CCCC2(C)C(=O)O)nn1-c1c(Cl)cccc1Cl. The van der Waals surface area contributed by atoms with Gasteiger partial charge in [0, 0.05) is 6.54 Å². The summed E-state index contributed by atoms with van der Waals surface area (Å²) < 4.78 is 1.39. The summed E-state index contributed by atoms with van der Waals surface area (Å²) in [6.45, 7) is 3.56. The Balaban J connectivity index is 2.01. The normalized spacial score (nSPS) is 20.1. The first-order valence-corrected chi connectivity index (χ1v) is 8.44. The van der Waals surface area contributed by atoms with Gasteiger partial charge in [-0.3, -0.25) is 4.79 Å². The molecular weight excluding hydrogens is 367 g/mol.